The van der Waals surface area contributed by atoms with Gasteiger partial charge in [-0.3, -0.25) is 4.79 Å². The minimum absolute atomic E-state index is 0.0310. The Kier molecular flexibility index (Phi) is 8.28. The summed E-state index contributed by atoms with van der Waals surface area (Å²) in [5, 5.41) is 5.96. The van der Waals surface area contributed by atoms with E-state index >= 15 is 0 Å². The predicted octanol–water partition coefficient (Wildman–Crippen LogP) is 2.10. The fourth-order valence-electron chi connectivity index (χ4n) is 1.96. The molecule has 0 heterocycles. The lowest BCUT2D eigenvalue weighted by Gasteiger charge is -2.15. The lowest BCUT2D eigenvalue weighted by atomic mass is 10.1. The molecular weight excluding hydrogens is 268 g/mol. The number of rotatable bonds is 10. The molecule has 5 heteroatoms. The molecule has 0 aliphatic carbocycles. The summed E-state index contributed by atoms with van der Waals surface area (Å²) in [5.74, 6) is 1.52. The van der Waals surface area contributed by atoms with Crippen molar-refractivity contribution in [1.82, 2.24) is 10.6 Å². The number of hydrogen-bond acceptors (Lipinski definition) is 4. The van der Waals surface area contributed by atoms with Crippen molar-refractivity contribution < 1.29 is 14.3 Å². The zero-order valence-electron chi connectivity index (χ0n) is 13.2. The van der Waals surface area contributed by atoms with Crippen molar-refractivity contribution in [3.63, 3.8) is 0 Å². The van der Waals surface area contributed by atoms with Crippen LogP contribution in [0.3, 0.4) is 0 Å². The minimum Gasteiger partial charge on any atom is -0.493 e. The second kappa shape index (κ2) is 10.0. The van der Waals surface area contributed by atoms with Crippen molar-refractivity contribution in [2.75, 3.05) is 27.3 Å². The highest BCUT2D eigenvalue weighted by molar-refractivity contribution is 5.75. The molecule has 0 radical (unpaired) electrons. The maximum atomic E-state index is 11.2. The van der Waals surface area contributed by atoms with Crippen LogP contribution in [0, 0.1) is 0 Å². The molecule has 2 N–H and O–H groups in total. The molecule has 0 bridgehead atoms. The number of para-hydroxylation sites is 1. The number of hydrogen-bond donors (Lipinski definition) is 2. The normalized spacial score (nSPS) is 10.2. The highest BCUT2D eigenvalue weighted by Gasteiger charge is 2.10. The van der Waals surface area contributed by atoms with Crippen molar-refractivity contribution in [3.8, 4) is 11.5 Å². The van der Waals surface area contributed by atoms with Crippen molar-refractivity contribution in [1.29, 1.82) is 0 Å². The molecule has 0 unspecified atom stereocenters. The van der Waals surface area contributed by atoms with Crippen LogP contribution in [0.4, 0.5) is 0 Å². The Balaban J connectivity index is 2.61. The van der Waals surface area contributed by atoms with E-state index in [2.05, 4.69) is 17.6 Å². The molecule has 1 rings (SSSR count). The number of nitrogens with one attached hydrogen (secondary N) is 2. The largest absolute Gasteiger partial charge is 0.493 e. The summed E-state index contributed by atoms with van der Waals surface area (Å²) in [6.45, 7) is 4.34. The summed E-state index contributed by atoms with van der Waals surface area (Å²) in [4.78, 5) is 11.2. The first-order chi connectivity index (χ1) is 10.2. The van der Waals surface area contributed by atoms with E-state index in [1.54, 1.807) is 14.2 Å². The maximum absolute atomic E-state index is 11.2. The monoisotopic (exact) mass is 294 g/mol. The Bertz CT molecular complexity index is 436. The molecule has 0 saturated carbocycles. The topological polar surface area (TPSA) is 59.6 Å². The van der Waals surface area contributed by atoms with Crippen LogP contribution in [0.5, 0.6) is 11.5 Å². The molecule has 5 nitrogen and oxygen atoms in total. The Morgan fingerprint density at radius 3 is 2.81 bits per heavy atom. The van der Waals surface area contributed by atoms with E-state index in [4.69, 9.17) is 9.47 Å². The zero-order chi connectivity index (χ0) is 15.5. The van der Waals surface area contributed by atoms with Gasteiger partial charge in [0.05, 0.1) is 13.7 Å². The van der Waals surface area contributed by atoms with Gasteiger partial charge in [-0.1, -0.05) is 19.1 Å². The van der Waals surface area contributed by atoms with E-state index in [1.807, 2.05) is 18.2 Å². The van der Waals surface area contributed by atoms with E-state index in [0.717, 1.165) is 36.6 Å². The van der Waals surface area contributed by atoms with Crippen LogP contribution in [-0.4, -0.2) is 33.2 Å². The molecule has 0 aliphatic heterocycles. The molecule has 118 valence electrons. The van der Waals surface area contributed by atoms with Crippen LogP contribution < -0.4 is 20.1 Å². The van der Waals surface area contributed by atoms with E-state index < -0.39 is 0 Å². The molecular formula is C16H26N2O3. The molecule has 1 aromatic rings. The predicted molar refractivity (Wildman–Crippen MR) is 83.8 cm³/mol. The highest BCUT2D eigenvalue weighted by Crippen LogP contribution is 2.31. The van der Waals surface area contributed by atoms with Crippen LogP contribution in [0.25, 0.3) is 0 Å². The first kappa shape index (κ1) is 17.3. The zero-order valence-corrected chi connectivity index (χ0v) is 13.2. The molecule has 1 aromatic carbocycles. The molecule has 21 heavy (non-hydrogen) atoms. The number of carbonyl (C=O) groups excluding carboxylic acids is 1. The Morgan fingerprint density at radius 1 is 1.33 bits per heavy atom. The third-order valence-corrected chi connectivity index (χ3v) is 3.10. The van der Waals surface area contributed by atoms with Gasteiger partial charge in [-0.25, -0.2) is 0 Å². The molecule has 0 spiro atoms. The van der Waals surface area contributed by atoms with Crippen molar-refractivity contribution in [3.05, 3.63) is 23.8 Å². The van der Waals surface area contributed by atoms with E-state index in [0.29, 0.717) is 19.4 Å². The summed E-state index contributed by atoms with van der Waals surface area (Å²) >= 11 is 0. The highest BCUT2D eigenvalue weighted by atomic mass is 16.5. The van der Waals surface area contributed by atoms with Gasteiger partial charge in [-0.2, -0.15) is 0 Å². The van der Waals surface area contributed by atoms with Gasteiger partial charge in [0.15, 0.2) is 11.5 Å². The van der Waals surface area contributed by atoms with Gasteiger partial charge >= 0.3 is 0 Å². The smallest absolute Gasteiger partial charge is 0.219 e. The molecule has 0 fully saturated rings. The van der Waals surface area contributed by atoms with Crippen molar-refractivity contribution in [2.24, 2.45) is 0 Å². The number of amides is 1. The van der Waals surface area contributed by atoms with Gasteiger partial charge in [0.2, 0.25) is 5.91 Å². The van der Waals surface area contributed by atoms with Crippen LogP contribution >= 0.6 is 0 Å². The van der Waals surface area contributed by atoms with Crippen molar-refractivity contribution in [2.45, 2.75) is 32.7 Å². The first-order valence-electron chi connectivity index (χ1n) is 7.42. The van der Waals surface area contributed by atoms with Gasteiger partial charge in [-0.05, 0) is 25.5 Å². The SMILES string of the molecule is CCCNCc1cccc(OC)c1OCCCC(=O)NC. The molecule has 0 aromatic heterocycles. The van der Waals surface area contributed by atoms with Gasteiger partial charge in [-0.15, -0.1) is 0 Å². The second-order valence-corrected chi connectivity index (χ2v) is 4.75. The summed E-state index contributed by atoms with van der Waals surface area (Å²) in [7, 11) is 3.27. The van der Waals surface area contributed by atoms with E-state index in [-0.39, 0.29) is 5.91 Å². The van der Waals surface area contributed by atoms with Crippen LogP contribution in [0.1, 0.15) is 31.7 Å². The lowest BCUT2D eigenvalue weighted by molar-refractivity contribution is -0.120. The Labute approximate surface area is 127 Å². The van der Waals surface area contributed by atoms with Gasteiger partial charge in [0.25, 0.3) is 0 Å². The summed E-state index contributed by atoms with van der Waals surface area (Å²) in [5.41, 5.74) is 1.07. The van der Waals surface area contributed by atoms with E-state index in [9.17, 15) is 4.79 Å². The lowest BCUT2D eigenvalue weighted by Crippen LogP contribution is -2.18. The van der Waals surface area contributed by atoms with E-state index in [1.165, 1.54) is 0 Å². The summed E-state index contributed by atoms with van der Waals surface area (Å²) in [6.07, 6.45) is 2.24. The second-order valence-electron chi connectivity index (χ2n) is 4.75. The average molecular weight is 294 g/mol. The number of benzene rings is 1. The average Bonchev–Trinajstić information content (AvgIpc) is 2.52. The molecule has 0 aliphatic rings. The summed E-state index contributed by atoms with van der Waals surface area (Å²) in [6, 6.07) is 5.87. The number of methoxy groups -OCH3 is 1. The van der Waals surface area contributed by atoms with Gasteiger partial charge in [0.1, 0.15) is 0 Å². The third-order valence-electron chi connectivity index (χ3n) is 3.10. The Hall–Kier alpha value is -1.75. The van der Waals surface area contributed by atoms with Crippen LogP contribution in [0.15, 0.2) is 18.2 Å². The molecule has 1 amide bonds. The maximum Gasteiger partial charge on any atom is 0.219 e. The Morgan fingerprint density at radius 2 is 2.14 bits per heavy atom. The first-order valence-corrected chi connectivity index (χ1v) is 7.42. The molecule has 0 saturated heterocycles. The van der Waals surface area contributed by atoms with Crippen molar-refractivity contribution >= 4 is 5.91 Å². The molecule has 0 atom stereocenters. The van der Waals surface area contributed by atoms with Crippen LogP contribution in [0.2, 0.25) is 0 Å². The fourth-order valence-corrected chi connectivity index (χ4v) is 1.96. The fraction of sp³-hybridized carbons (Fsp3) is 0.562. The summed E-state index contributed by atoms with van der Waals surface area (Å²) < 4.78 is 11.2. The standard InChI is InChI=1S/C16H26N2O3/c1-4-10-18-12-13-7-5-8-14(20-3)16(13)21-11-6-9-15(19)17-2/h5,7-8,18H,4,6,9-12H2,1-3H3,(H,17,19). The van der Waals surface area contributed by atoms with Crippen LogP contribution in [-0.2, 0) is 11.3 Å². The van der Waals surface area contributed by atoms with Gasteiger partial charge < -0.3 is 20.1 Å². The minimum atomic E-state index is 0.0310. The third kappa shape index (κ3) is 6.04. The number of carbonyl (C=O) groups is 1. The number of ether oxygens (including phenoxy) is 2. The van der Waals surface area contributed by atoms with Gasteiger partial charge in [0, 0.05) is 25.6 Å². The quantitative estimate of drug-likeness (QED) is 0.649.